The van der Waals surface area contributed by atoms with Crippen LogP contribution < -0.4 is 11.3 Å². The normalized spacial score (nSPS) is 18.2. The van der Waals surface area contributed by atoms with Crippen LogP contribution >= 0.6 is 11.6 Å². The smallest absolute Gasteiger partial charge is 0.256 e. The summed E-state index contributed by atoms with van der Waals surface area (Å²) in [5.74, 6) is 5.35. The second-order valence-electron chi connectivity index (χ2n) is 5.16. The number of carbonyl (C=O) groups excluding carboxylic acids is 1. The number of carbonyl (C=O) groups is 1. The Morgan fingerprint density at radius 3 is 2.89 bits per heavy atom. The zero-order chi connectivity index (χ0) is 14.0. The van der Waals surface area contributed by atoms with Crippen molar-refractivity contribution < 1.29 is 9.53 Å². The Morgan fingerprint density at radius 1 is 1.53 bits per heavy atom. The molecule has 0 aromatic heterocycles. The quantitative estimate of drug-likeness (QED) is 0.642. The molecule has 19 heavy (non-hydrogen) atoms. The van der Waals surface area contributed by atoms with Crippen LogP contribution in [0.5, 0.6) is 0 Å². The van der Waals surface area contributed by atoms with Gasteiger partial charge in [-0.15, -0.1) is 0 Å². The number of rotatable bonds is 2. The molecule has 0 spiro atoms. The Morgan fingerprint density at radius 2 is 2.26 bits per heavy atom. The fourth-order valence-corrected chi connectivity index (χ4v) is 2.37. The van der Waals surface area contributed by atoms with Gasteiger partial charge in [0.1, 0.15) is 0 Å². The van der Waals surface area contributed by atoms with E-state index in [4.69, 9.17) is 22.2 Å². The van der Waals surface area contributed by atoms with E-state index >= 15 is 0 Å². The van der Waals surface area contributed by atoms with Crippen molar-refractivity contribution in [3.05, 3.63) is 28.8 Å². The Labute approximate surface area is 117 Å². The highest BCUT2D eigenvalue weighted by molar-refractivity contribution is 6.31. The summed E-state index contributed by atoms with van der Waals surface area (Å²) in [5, 5.41) is 0.508. The highest BCUT2D eigenvalue weighted by Gasteiger charge is 2.35. The maximum absolute atomic E-state index is 12.7. The van der Waals surface area contributed by atoms with Gasteiger partial charge in [-0.1, -0.05) is 11.6 Å². The van der Waals surface area contributed by atoms with Gasteiger partial charge in [-0.3, -0.25) is 10.6 Å². The first-order chi connectivity index (χ1) is 8.95. The largest absolute Gasteiger partial charge is 0.377 e. The molecule has 1 aromatic rings. The van der Waals surface area contributed by atoms with E-state index in [0.29, 0.717) is 36.0 Å². The highest BCUT2D eigenvalue weighted by Crippen LogP contribution is 2.26. The highest BCUT2D eigenvalue weighted by atomic mass is 35.5. The molecule has 0 atom stereocenters. The van der Waals surface area contributed by atoms with Gasteiger partial charge in [-0.2, -0.15) is 0 Å². The number of benzene rings is 1. The monoisotopic (exact) mass is 283 g/mol. The van der Waals surface area contributed by atoms with Gasteiger partial charge in [0.2, 0.25) is 0 Å². The lowest BCUT2D eigenvalue weighted by molar-refractivity contribution is -0.0370. The number of anilines is 1. The fraction of sp³-hybridized carbons (Fsp3) is 0.462. The number of nitrogens with zero attached hydrogens (tertiary/aromatic N) is 1. The molecular weight excluding hydrogens is 266 g/mol. The summed E-state index contributed by atoms with van der Waals surface area (Å²) in [6.45, 7) is 5.57. The van der Waals surface area contributed by atoms with E-state index in [2.05, 4.69) is 5.43 Å². The number of amides is 1. The molecule has 0 unspecified atom stereocenters. The molecule has 0 radical (unpaired) electrons. The molecule has 5 nitrogen and oxygen atoms in total. The van der Waals surface area contributed by atoms with Crippen molar-refractivity contribution in [3.63, 3.8) is 0 Å². The average molecular weight is 284 g/mol. The fourth-order valence-electron chi connectivity index (χ4n) is 2.20. The summed E-state index contributed by atoms with van der Waals surface area (Å²) in [4.78, 5) is 14.5. The van der Waals surface area contributed by atoms with E-state index < -0.39 is 0 Å². The molecule has 1 aromatic carbocycles. The molecule has 1 heterocycles. The number of nitrogens with two attached hydrogens (primary N) is 1. The molecule has 6 heteroatoms. The van der Waals surface area contributed by atoms with Gasteiger partial charge < -0.3 is 15.1 Å². The molecule has 0 bridgehead atoms. The molecule has 1 saturated heterocycles. The van der Waals surface area contributed by atoms with Crippen LogP contribution in [-0.2, 0) is 4.74 Å². The second-order valence-corrected chi connectivity index (χ2v) is 5.59. The number of morpholine rings is 1. The van der Waals surface area contributed by atoms with Crippen molar-refractivity contribution >= 4 is 23.2 Å². The van der Waals surface area contributed by atoms with Crippen molar-refractivity contribution in [1.82, 2.24) is 4.90 Å². The maximum atomic E-state index is 12.7. The Bertz CT molecular complexity index is 491. The van der Waals surface area contributed by atoms with E-state index in [1.54, 1.807) is 23.1 Å². The minimum atomic E-state index is -0.344. The van der Waals surface area contributed by atoms with Crippen molar-refractivity contribution in [2.45, 2.75) is 19.4 Å². The van der Waals surface area contributed by atoms with Crippen LogP contribution in [0.15, 0.2) is 18.2 Å². The Hall–Kier alpha value is -1.30. The van der Waals surface area contributed by atoms with Crippen molar-refractivity contribution in [3.8, 4) is 0 Å². The lowest BCUT2D eigenvalue weighted by Crippen LogP contribution is -2.55. The molecule has 0 saturated carbocycles. The lowest BCUT2D eigenvalue weighted by atomic mass is 10.0. The van der Waals surface area contributed by atoms with Crippen LogP contribution in [0, 0.1) is 0 Å². The Kier molecular flexibility index (Phi) is 3.99. The standard InChI is InChI=1S/C13H18ClN3O2/c1-13(2)8-19-6-5-17(13)12(18)10-7-9(14)3-4-11(10)16-15/h3-4,7,16H,5-6,8,15H2,1-2H3. The molecule has 1 fully saturated rings. The van der Waals surface area contributed by atoms with Crippen LogP contribution in [0.3, 0.4) is 0 Å². The summed E-state index contributed by atoms with van der Waals surface area (Å²) in [6.07, 6.45) is 0. The van der Waals surface area contributed by atoms with Gasteiger partial charge in [0.05, 0.1) is 30.0 Å². The molecule has 1 aliphatic heterocycles. The van der Waals surface area contributed by atoms with Crippen LogP contribution in [-0.4, -0.2) is 36.1 Å². The minimum Gasteiger partial charge on any atom is -0.377 e. The predicted octanol–water partition coefficient (Wildman–Crippen LogP) is 1.88. The van der Waals surface area contributed by atoms with E-state index in [0.717, 1.165) is 0 Å². The number of nitrogen functional groups attached to an aromatic ring is 1. The third-order valence-corrected chi connectivity index (χ3v) is 3.49. The van der Waals surface area contributed by atoms with Crippen LogP contribution in [0.4, 0.5) is 5.69 Å². The molecule has 1 aliphatic rings. The second kappa shape index (κ2) is 5.36. The molecule has 2 rings (SSSR count). The topological polar surface area (TPSA) is 67.6 Å². The summed E-state index contributed by atoms with van der Waals surface area (Å²) < 4.78 is 5.42. The van der Waals surface area contributed by atoms with Crippen LogP contribution in [0.2, 0.25) is 5.02 Å². The number of hydrazine groups is 1. The van der Waals surface area contributed by atoms with Gasteiger partial charge in [0, 0.05) is 11.6 Å². The molecular formula is C13H18ClN3O2. The first-order valence-corrected chi connectivity index (χ1v) is 6.49. The van der Waals surface area contributed by atoms with Gasteiger partial charge in [-0.25, -0.2) is 0 Å². The predicted molar refractivity (Wildman–Crippen MR) is 75.2 cm³/mol. The van der Waals surface area contributed by atoms with E-state index in [-0.39, 0.29) is 11.4 Å². The van der Waals surface area contributed by atoms with Crippen LogP contribution in [0.1, 0.15) is 24.2 Å². The number of hydrogen-bond donors (Lipinski definition) is 2. The summed E-state index contributed by atoms with van der Waals surface area (Å²) in [7, 11) is 0. The number of hydrogen-bond acceptors (Lipinski definition) is 4. The van der Waals surface area contributed by atoms with Gasteiger partial charge in [0.15, 0.2) is 0 Å². The number of halogens is 1. The summed E-state index contributed by atoms with van der Waals surface area (Å²) >= 11 is 5.96. The third kappa shape index (κ3) is 2.83. The summed E-state index contributed by atoms with van der Waals surface area (Å²) in [5.41, 5.74) is 3.23. The first-order valence-electron chi connectivity index (χ1n) is 6.11. The van der Waals surface area contributed by atoms with Crippen LogP contribution in [0.25, 0.3) is 0 Å². The van der Waals surface area contributed by atoms with Crippen molar-refractivity contribution in [2.24, 2.45) is 5.84 Å². The van der Waals surface area contributed by atoms with Gasteiger partial charge in [0.25, 0.3) is 5.91 Å². The molecule has 1 amide bonds. The Balaban J connectivity index is 2.35. The number of ether oxygens (including phenoxy) is 1. The molecule has 104 valence electrons. The average Bonchev–Trinajstić information content (AvgIpc) is 2.37. The minimum absolute atomic E-state index is 0.0937. The maximum Gasteiger partial charge on any atom is 0.256 e. The molecule has 0 aliphatic carbocycles. The zero-order valence-corrected chi connectivity index (χ0v) is 11.8. The van der Waals surface area contributed by atoms with Gasteiger partial charge in [-0.05, 0) is 32.0 Å². The SMILES string of the molecule is CC1(C)COCCN1C(=O)c1cc(Cl)ccc1NN. The zero-order valence-electron chi connectivity index (χ0n) is 11.1. The third-order valence-electron chi connectivity index (χ3n) is 3.26. The molecule has 3 N–H and O–H groups in total. The van der Waals surface area contributed by atoms with Gasteiger partial charge >= 0.3 is 0 Å². The van der Waals surface area contributed by atoms with Crippen molar-refractivity contribution in [2.75, 3.05) is 25.2 Å². The van der Waals surface area contributed by atoms with E-state index in [1.165, 1.54) is 0 Å². The van der Waals surface area contributed by atoms with E-state index in [9.17, 15) is 4.79 Å². The summed E-state index contributed by atoms with van der Waals surface area (Å²) in [6, 6.07) is 5.02. The van der Waals surface area contributed by atoms with Crippen molar-refractivity contribution in [1.29, 1.82) is 0 Å². The number of nitrogens with one attached hydrogen (secondary N) is 1. The lowest BCUT2D eigenvalue weighted by Gasteiger charge is -2.42. The van der Waals surface area contributed by atoms with E-state index in [1.807, 2.05) is 13.8 Å². The first kappa shape index (κ1) is 14.1.